The van der Waals surface area contributed by atoms with E-state index in [0.29, 0.717) is 10.2 Å². The SMILES string of the molecule is CCOc1ccc(C(Br)C2CCCC2(C)C)cc1. The third-order valence-corrected chi connectivity index (χ3v) is 5.37. The van der Waals surface area contributed by atoms with Gasteiger partial charge in [-0.15, -0.1) is 0 Å². The number of halogens is 1. The van der Waals surface area contributed by atoms with Crippen molar-refractivity contribution >= 4 is 15.9 Å². The Balaban J connectivity index is 2.11. The first-order valence-corrected chi connectivity index (χ1v) is 7.83. The molecule has 0 aromatic heterocycles. The van der Waals surface area contributed by atoms with E-state index in [1.165, 1.54) is 24.8 Å². The maximum absolute atomic E-state index is 5.49. The normalized spacial score (nSPS) is 23.9. The van der Waals surface area contributed by atoms with Crippen molar-refractivity contribution in [1.29, 1.82) is 0 Å². The van der Waals surface area contributed by atoms with Crippen molar-refractivity contribution in [2.75, 3.05) is 6.61 Å². The van der Waals surface area contributed by atoms with Gasteiger partial charge in [-0.1, -0.05) is 48.3 Å². The van der Waals surface area contributed by atoms with Crippen LogP contribution in [0.15, 0.2) is 24.3 Å². The van der Waals surface area contributed by atoms with Crippen molar-refractivity contribution in [3.05, 3.63) is 29.8 Å². The fourth-order valence-electron chi connectivity index (χ4n) is 3.04. The fraction of sp³-hybridized carbons (Fsp3) is 0.625. The highest BCUT2D eigenvalue weighted by molar-refractivity contribution is 9.09. The van der Waals surface area contributed by atoms with E-state index in [4.69, 9.17) is 4.74 Å². The van der Waals surface area contributed by atoms with E-state index in [2.05, 4.69) is 54.0 Å². The molecule has 0 heterocycles. The first-order chi connectivity index (χ1) is 8.54. The van der Waals surface area contributed by atoms with Crippen LogP contribution in [0.1, 0.15) is 50.4 Å². The summed E-state index contributed by atoms with van der Waals surface area (Å²) >= 11 is 3.91. The number of hydrogen-bond acceptors (Lipinski definition) is 1. The largest absolute Gasteiger partial charge is 0.494 e. The van der Waals surface area contributed by atoms with E-state index in [0.717, 1.165) is 18.3 Å². The van der Waals surface area contributed by atoms with Crippen LogP contribution >= 0.6 is 15.9 Å². The molecular formula is C16H23BrO. The van der Waals surface area contributed by atoms with Crippen LogP contribution in [-0.2, 0) is 0 Å². The summed E-state index contributed by atoms with van der Waals surface area (Å²) in [5, 5.41) is 0. The van der Waals surface area contributed by atoms with E-state index in [1.807, 2.05) is 6.92 Å². The Morgan fingerprint density at radius 2 is 2.00 bits per heavy atom. The van der Waals surface area contributed by atoms with Gasteiger partial charge in [0.2, 0.25) is 0 Å². The number of hydrogen-bond donors (Lipinski definition) is 0. The van der Waals surface area contributed by atoms with Gasteiger partial charge >= 0.3 is 0 Å². The lowest BCUT2D eigenvalue weighted by molar-refractivity contribution is 0.257. The molecule has 0 radical (unpaired) electrons. The zero-order chi connectivity index (χ0) is 13.2. The summed E-state index contributed by atoms with van der Waals surface area (Å²) in [5.74, 6) is 1.70. The van der Waals surface area contributed by atoms with Gasteiger partial charge in [0.1, 0.15) is 5.75 Å². The number of alkyl halides is 1. The lowest BCUT2D eigenvalue weighted by atomic mass is 9.78. The molecule has 1 aliphatic rings. The molecule has 0 amide bonds. The Kier molecular flexibility index (Phi) is 4.37. The van der Waals surface area contributed by atoms with Crippen LogP contribution in [-0.4, -0.2) is 6.61 Å². The first kappa shape index (κ1) is 13.9. The molecule has 2 atom stereocenters. The topological polar surface area (TPSA) is 9.23 Å². The van der Waals surface area contributed by atoms with E-state index >= 15 is 0 Å². The Labute approximate surface area is 119 Å². The Morgan fingerprint density at radius 3 is 2.50 bits per heavy atom. The second-order valence-corrected chi connectivity index (χ2v) is 6.88. The maximum atomic E-state index is 5.49. The van der Waals surface area contributed by atoms with Gasteiger partial charge in [-0.05, 0) is 48.8 Å². The molecule has 0 spiro atoms. The van der Waals surface area contributed by atoms with Crippen LogP contribution in [0.4, 0.5) is 0 Å². The average molecular weight is 311 g/mol. The Hall–Kier alpha value is -0.500. The molecule has 1 fully saturated rings. The highest BCUT2D eigenvalue weighted by Gasteiger charge is 2.38. The zero-order valence-corrected chi connectivity index (χ0v) is 13.2. The fourth-order valence-corrected chi connectivity index (χ4v) is 4.33. The molecule has 1 saturated carbocycles. The minimum atomic E-state index is 0.451. The van der Waals surface area contributed by atoms with Gasteiger partial charge in [0.25, 0.3) is 0 Å². The van der Waals surface area contributed by atoms with E-state index in [-0.39, 0.29) is 0 Å². The van der Waals surface area contributed by atoms with Gasteiger partial charge in [0.05, 0.1) is 6.61 Å². The predicted molar refractivity (Wildman–Crippen MR) is 80.4 cm³/mol. The van der Waals surface area contributed by atoms with E-state index in [1.54, 1.807) is 0 Å². The van der Waals surface area contributed by atoms with Crippen molar-refractivity contribution in [2.24, 2.45) is 11.3 Å². The quantitative estimate of drug-likeness (QED) is 0.681. The second kappa shape index (κ2) is 5.64. The summed E-state index contributed by atoms with van der Waals surface area (Å²) in [7, 11) is 0. The van der Waals surface area contributed by atoms with Crippen molar-refractivity contribution in [3.8, 4) is 5.75 Å². The first-order valence-electron chi connectivity index (χ1n) is 6.91. The molecule has 0 bridgehead atoms. The average Bonchev–Trinajstić information content (AvgIpc) is 2.69. The van der Waals surface area contributed by atoms with Gasteiger partial charge < -0.3 is 4.74 Å². The summed E-state index contributed by atoms with van der Waals surface area (Å²) in [6, 6.07) is 8.54. The van der Waals surface area contributed by atoms with Gasteiger partial charge in [-0.3, -0.25) is 0 Å². The lowest BCUT2D eigenvalue weighted by Crippen LogP contribution is -2.21. The minimum Gasteiger partial charge on any atom is -0.494 e. The summed E-state index contributed by atoms with van der Waals surface area (Å²) in [5.41, 5.74) is 1.82. The molecule has 0 saturated heterocycles. The van der Waals surface area contributed by atoms with Gasteiger partial charge in [0.15, 0.2) is 0 Å². The predicted octanol–water partition coefficient (Wildman–Crippen LogP) is 5.35. The smallest absolute Gasteiger partial charge is 0.119 e. The Morgan fingerprint density at radius 1 is 1.33 bits per heavy atom. The zero-order valence-electron chi connectivity index (χ0n) is 11.6. The second-order valence-electron chi connectivity index (χ2n) is 5.89. The molecule has 2 heteroatoms. The minimum absolute atomic E-state index is 0.451. The van der Waals surface area contributed by atoms with E-state index < -0.39 is 0 Å². The van der Waals surface area contributed by atoms with Crippen molar-refractivity contribution < 1.29 is 4.74 Å². The third kappa shape index (κ3) is 2.90. The Bertz CT molecular complexity index is 383. The molecule has 18 heavy (non-hydrogen) atoms. The molecule has 2 unspecified atom stereocenters. The van der Waals surface area contributed by atoms with Crippen LogP contribution < -0.4 is 4.74 Å². The number of rotatable bonds is 4. The van der Waals surface area contributed by atoms with Crippen LogP contribution in [0.25, 0.3) is 0 Å². The van der Waals surface area contributed by atoms with Crippen LogP contribution in [0.5, 0.6) is 5.75 Å². The summed E-state index contributed by atoms with van der Waals surface area (Å²) in [6.07, 6.45) is 4.03. The van der Waals surface area contributed by atoms with Crippen molar-refractivity contribution in [3.63, 3.8) is 0 Å². The molecular weight excluding hydrogens is 288 g/mol. The van der Waals surface area contributed by atoms with Crippen LogP contribution in [0, 0.1) is 11.3 Å². The van der Waals surface area contributed by atoms with Crippen molar-refractivity contribution in [1.82, 2.24) is 0 Å². The lowest BCUT2D eigenvalue weighted by Gasteiger charge is -2.31. The number of benzene rings is 1. The molecule has 100 valence electrons. The summed E-state index contributed by atoms with van der Waals surface area (Å²) < 4.78 is 5.49. The molecule has 1 aromatic carbocycles. The molecule has 1 aliphatic carbocycles. The standard InChI is InChI=1S/C16H23BrO/c1-4-18-13-9-7-12(8-10-13)15(17)14-6-5-11-16(14,2)3/h7-10,14-15H,4-6,11H2,1-3H3. The molecule has 0 aliphatic heterocycles. The number of ether oxygens (including phenoxy) is 1. The molecule has 1 aromatic rings. The van der Waals surface area contributed by atoms with E-state index in [9.17, 15) is 0 Å². The van der Waals surface area contributed by atoms with Gasteiger partial charge in [0, 0.05) is 4.83 Å². The molecule has 2 rings (SSSR count). The summed E-state index contributed by atoms with van der Waals surface area (Å²) in [6.45, 7) is 7.54. The summed E-state index contributed by atoms with van der Waals surface area (Å²) in [4.78, 5) is 0.464. The third-order valence-electron chi connectivity index (χ3n) is 4.20. The van der Waals surface area contributed by atoms with Crippen molar-refractivity contribution in [2.45, 2.75) is 44.9 Å². The van der Waals surface area contributed by atoms with Gasteiger partial charge in [-0.2, -0.15) is 0 Å². The highest BCUT2D eigenvalue weighted by atomic mass is 79.9. The van der Waals surface area contributed by atoms with Crippen LogP contribution in [0.3, 0.4) is 0 Å². The van der Waals surface area contributed by atoms with Crippen LogP contribution in [0.2, 0.25) is 0 Å². The molecule has 1 nitrogen and oxygen atoms in total. The van der Waals surface area contributed by atoms with Gasteiger partial charge in [-0.25, -0.2) is 0 Å². The maximum Gasteiger partial charge on any atom is 0.119 e. The monoisotopic (exact) mass is 310 g/mol. The molecule has 0 N–H and O–H groups in total. The highest BCUT2D eigenvalue weighted by Crippen LogP contribution is 2.51.